The Morgan fingerprint density at radius 2 is 0.741 bits per heavy atom. The number of unbranched alkanes of at least 4 members (excludes halogenated alkanes) is 22. The fourth-order valence-electron chi connectivity index (χ4n) is 7.68. The van der Waals surface area contributed by atoms with Crippen LogP contribution in [-0.2, 0) is 19.1 Å². The van der Waals surface area contributed by atoms with Crippen LogP contribution >= 0.6 is 0 Å². The van der Waals surface area contributed by atoms with E-state index < -0.39 is 0 Å². The highest BCUT2D eigenvalue weighted by Crippen LogP contribution is 2.21. The van der Waals surface area contributed by atoms with Crippen LogP contribution in [0.25, 0.3) is 0 Å². The molecule has 6 heteroatoms. The number of carbonyl (C=O) groups is 2. The van der Waals surface area contributed by atoms with Crippen LogP contribution in [0, 0.1) is 11.8 Å². The topological polar surface area (TPSA) is 76.1 Å². The van der Waals surface area contributed by atoms with Gasteiger partial charge in [0.2, 0.25) is 0 Å². The van der Waals surface area contributed by atoms with Gasteiger partial charge in [0.15, 0.2) is 0 Å². The molecule has 54 heavy (non-hydrogen) atoms. The Labute approximate surface area is 337 Å². The molecule has 0 aromatic heterocycles. The number of ether oxygens (including phenoxy) is 2. The maximum absolute atomic E-state index is 12.8. The molecule has 0 amide bonds. The van der Waals surface area contributed by atoms with E-state index in [0.29, 0.717) is 44.3 Å². The van der Waals surface area contributed by atoms with Crippen LogP contribution < -0.4 is 0 Å². The molecule has 0 rings (SSSR count). The van der Waals surface area contributed by atoms with E-state index in [0.717, 1.165) is 45.3 Å². The number of aliphatic hydroxyl groups is 1. The lowest BCUT2D eigenvalue weighted by atomic mass is 9.94. The fourth-order valence-corrected chi connectivity index (χ4v) is 7.68. The van der Waals surface area contributed by atoms with Crippen molar-refractivity contribution in [1.82, 2.24) is 4.90 Å². The van der Waals surface area contributed by atoms with E-state index in [1.165, 1.54) is 173 Å². The summed E-state index contributed by atoms with van der Waals surface area (Å²) in [7, 11) is 0. The Kier molecular flexibility index (Phi) is 42.1. The van der Waals surface area contributed by atoms with Gasteiger partial charge in [-0.3, -0.25) is 9.59 Å². The Balaban J connectivity index is 4.41. The van der Waals surface area contributed by atoms with E-state index in [2.05, 4.69) is 32.6 Å². The molecule has 2 unspecified atom stereocenters. The minimum atomic E-state index is -0.0975. The third-order valence-electron chi connectivity index (χ3n) is 11.5. The SMILES string of the molecule is CCCCCCCCCCCC(CC)COC(=O)CCCN(CCCO)CCCC(=O)OCC(CCCCCCCCC)CCCCCCCCCCC. The van der Waals surface area contributed by atoms with Gasteiger partial charge in [-0.25, -0.2) is 0 Å². The van der Waals surface area contributed by atoms with Crippen molar-refractivity contribution in [3.8, 4) is 0 Å². The van der Waals surface area contributed by atoms with Crippen molar-refractivity contribution in [2.24, 2.45) is 11.8 Å². The highest BCUT2D eigenvalue weighted by Gasteiger charge is 2.15. The van der Waals surface area contributed by atoms with Crippen LogP contribution in [0.3, 0.4) is 0 Å². The zero-order valence-electron chi connectivity index (χ0n) is 37.0. The van der Waals surface area contributed by atoms with Crippen molar-refractivity contribution >= 4 is 11.9 Å². The summed E-state index contributed by atoms with van der Waals surface area (Å²) in [6, 6.07) is 0. The molecule has 322 valence electrons. The molecule has 0 saturated heterocycles. The molecule has 6 nitrogen and oxygen atoms in total. The van der Waals surface area contributed by atoms with E-state index in [4.69, 9.17) is 9.47 Å². The lowest BCUT2D eigenvalue weighted by Gasteiger charge is -2.22. The summed E-state index contributed by atoms with van der Waals surface area (Å²) in [5.41, 5.74) is 0. The summed E-state index contributed by atoms with van der Waals surface area (Å²) < 4.78 is 11.6. The predicted molar refractivity (Wildman–Crippen MR) is 232 cm³/mol. The van der Waals surface area contributed by atoms with E-state index in [-0.39, 0.29) is 18.5 Å². The molecule has 0 aromatic carbocycles. The molecule has 1 N–H and O–H groups in total. The first kappa shape index (κ1) is 52.9. The third-order valence-corrected chi connectivity index (χ3v) is 11.5. The van der Waals surface area contributed by atoms with E-state index in [1.54, 1.807) is 0 Å². The molecule has 0 bridgehead atoms. The minimum Gasteiger partial charge on any atom is -0.465 e. The predicted octanol–water partition coefficient (Wildman–Crippen LogP) is 13.9. The molecule has 0 aliphatic carbocycles. The zero-order chi connectivity index (χ0) is 39.6. The number of nitrogens with zero attached hydrogens (tertiary/aromatic N) is 1. The van der Waals surface area contributed by atoms with E-state index in [9.17, 15) is 14.7 Å². The molecular formula is C48H95NO5. The lowest BCUT2D eigenvalue weighted by molar-refractivity contribution is -0.146. The van der Waals surface area contributed by atoms with Crippen LogP contribution in [0.4, 0.5) is 0 Å². The number of hydrogen-bond donors (Lipinski definition) is 1. The average Bonchev–Trinajstić information content (AvgIpc) is 3.17. The monoisotopic (exact) mass is 766 g/mol. The zero-order valence-corrected chi connectivity index (χ0v) is 37.0. The molecule has 0 aliphatic rings. The Bertz CT molecular complexity index is 776. The number of carbonyl (C=O) groups excluding carboxylic acids is 2. The first-order valence-electron chi connectivity index (χ1n) is 24.1. The maximum atomic E-state index is 12.8. The van der Waals surface area contributed by atoms with Crippen molar-refractivity contribution in [3.05, 3.63) is 0 Å². The smallest absolute Gasteiger partial charge is 0.305 e. The normalized spacial score (nSPS) is 12.7. The first-order chi connectivity index (χ1) is 26.5. The van der Waals surface area contributed by atoms with Crippen LogP contribution in [0.1, 0.15) is 246 Å². The molecule has 0 heterocycles. The largest absolute Gasteiger partial charge is 0.465 e. The molecule has 0 aliphatic heterocycles. The highest BCUT2D eigenvalue weighted by atomic mass is 16.5. The van der Waals surface area contributed by atoms with Crippen LogP contribution in [0.2, 0.25) is 0 Å². The number of hydrogen-bond acceptors (Lipinski definition) is 6. The molecule has 2 atom stereocenters. The highest BCUT2D eigenvalue weighted by molar-refractivity contribution is 5.69. The average molecular weight is 766 g/mol. The second kappa shape index (κ2) is 43.0. The van der Waals surface area contributed by atoms with Gasteiger partial charge in [0.25, 0.3) is 0 Å². The summed E-state index contributed by atoms with van der Waals surface area (Å²) in [4.78, 5) is 27.7. The van der Waals surface area contributed by atoms with Crippen LogP contribution in [0.5, 0.6) is 0 Å². The molecule has 0 saturated carbocycles. The van der Waals surface area contributed by atoms with Gasteiger partial charge in [-0.15, -0.1) is 0 Å². The summed E-state index contributed by atoms with van der Waals surface area (Å²) >= 11 is 0. The minimum absolute atomic E-state index is 0.0785. The summed E-state index contributed by atoms with van der Waals surface area (Å²) in [5, 5.41) is 9.45. The Hall–Kier alpha value is -1.14. The van der Waals surface area contributed by atoms with Gasteiger partial charge < -0.3 is 19.5 Å². The fraction of sp³-hybridized carbons (Fsp3) is 0.958. The summed E-state index contributed by atoms with van der Waals surface area (Å²) in [5.74, 6) is 0.771. The van der Waals surface area contributed by atoms with Crippen LogP contribution in [-0.4, -0.2) is 61.4 Å². The lowest BCUT2D eigenvalue weighted by Crippen LogP contribution is -2.29. The molecule has 0 aromatic rings. The van der Waals surface area contributed by atoms with Gasteiger partial charge in [0.1, 0.15) is 0 Å². The quantitative estimate of drug-likeness (QED) is 0.0492. The Morgan fingerprint density at radius 1 is 0.426 bits per heavy atom. The second-order valence-corrected chi connectivity index (χ2v) is 16.8. The van der Waals surface area contributed by atoms with Gasteiger partial charge in [-0.05, 0) is 63.5 Å². The number of rotatable bonds is 44. The maximum Gasteiger partial charge on any atom is 0.305 e. The van der Waals surface area contributed by atoms with Crippen molar-refractivity contribution in [2.45, 2.75) is 246 Å². The van der Waals surface area contributed by atoms with Gasteiger partial charge in [0.05, 0.1) is 13.2 Å². The molecule has 0 spiro atoms. The summed E-state index contributed by atoms with van der Waals surface area (Å²) in [6.45, 7) is 12.6. The third kappa shape index (κ3) is 37.8. The van der Waals surface area contributed by atoms with Gasteiger partial charge >= 0.3 is 11.9 Å². The van der Waals surface area contributed by atoms with E-state index in [1.807, 2.05) is 0 Å². The van der Waals surface area contributed by atoms with Gasteiger partial charge in [0, 0.05) is 26.0 Å². The second-order valence-electron chi connectivity index (χ2n) is 16.8. The van der Waals surface area contributed by atoms with Crippen molar-refractivity contribution < 1.29 is 24.2 Å². The standard InChI is InChI=1S/C48H95NO5/c1-5-9-12-15-18-20-23-25-28-34-45(8-4)43-53-47(51)37-31-39-49(41-33-42-50)40-32-38-48(52)54-44-46(35-29-26-22-17-14-11-7-3)36-30-27-24-21-19-16-13-10-6-2/h45-46,50H,5-44H2,1-4H3. The number of aliphatic hydroxyl groups excluding tert-OH is 1. The summed E-state index contributed by atoms with van der Waals surface area (Å²) in [6.07, 6.45) is 40.9. The van der Waals surface area contributed by atoms with Crippen molar-refractivity contribution in [1.29, 1.82) is 0 Å². The van der Waals surface area contributed by atoms with Gasteiger partial charge in [-0.2, -0.15) is 0 Å². The van der Waals surface area contributed by atoms with E-state index >= 15 is 0 Å². The molecule has 0 fully saturated rings. The molecular weight excluding hydrogens is 671 g/mol. The molecule has 0 radical (unpaired) electrons. The Morgan fingerprint density at radius 3 is 1.09 bits per heavy atom. The van der Waals surface area contributed by atoms with Crippen molar-refractivity contribution in [2.75, 3.05) is 39.5 Å². The van der Waals surface area contributed by atoms with Crippen LogP contribution in [0.15, 0.2) is 0 Å². The van der Waals surface area contributed by atoms with Gasteiger partial charge in [-0.1, -0.05) is 195 Å². The first-order valence-corrected chi connectivity index (χ1v) is 24.1. The number of esters is 2. The van der Waals surface area contributed by atoms with Crippen molar-refractivity contribution in [3.63, 3.8) is 0 Å².